The van der Waals surface area contributed by atoms with Crippen molar-refractivity contribution >= 4 is 28.1 Å². The van der Waals surface area contributed by atoms with Crippen molar-refractivity contribution in [3.63, 3.8) is 0 Å². The van der Waals surface area contributed by atoms with Gasteiger partial charge in [-0.15, -0.1) is 0 Å². The molecule has 0 unspecified atom stereocenters. The molecule has 3 aromatic carbocycles. The predicted octanol–water partition coefficient (Wildman–Crippen LogP) is 6.25. The molecular weight excluding hydrogens is 483 g/mol. The van der Waals surface area contributed by atoms with Gasteiger partial charge in [0.25, 0.3) is 5.56 Å². The van der Waals surface area contributed by atoms with E-state index in [0.717, 1.165) is 22.3 Å². The lowest BCUT2D eigenvalue weighted by Gasteiger charge is -2.10. The molecule has 0 amide bonds. The smallest absolute Gasteiger partial charge is 0.282 e. The fraction of sp³-hybridized carbons (Fsp3) is 0.100. The molecule has 6 rings (SSSR count). The van der Waals surface area contributed by atoms with E-state index in [1.54, 1.807) is 55.8 Å². The summed E-state index contributed by atoms with van der Waals surface area (Å²) in [7, 11) is 1.59. The van der Waals surface area contributed by atoms with Crippen molar-refractivity contribution in [3.05, 3.63) is 112 Å². The SMILES string of the molecule is COc1cccc2oc(-c3nc4ccccc4c(=O)n3N=Cc3cc(C)n(-c4ccccc4F)c3C)cc12. The van der Waals surface area contributed by atoms with E-state index < -0.39 is 0 Å². The molecule has 0 aliphatic heterocycles. The van der Waals surface area contributed by atoms with E-state index in [4.69, 9.17) is 14.1 Å². The first kappa shape index (κ1) is 23.4. The van der Waals surface area contributed by atoms with Gasteiger partial charge in [-0.3, -0.25) is 4.79 Å². The zero-order valence-electron chi connectivity index (χ0n) is 21.0. The van der Waals surface area contributed by atoms with Crippen molar-refractivity contribution in [2.24, 2.45) is 5.10 Å². The summed E-state index contributed by atoms with van der Waals surface area (Å²) in [4.78, 5) is 18.3. The fourth-order valence-corrected chi connectivity index (χ4v) is 4.75. The highest BCUT2D eigenvalue weighted by Crippen LogP contribution is 2.33. The van der Waals surface area contributed by atoms with E-state index in [1.165, 1.54) is 10.7 Å². The van der Waals surface area contributed by atoms with Gasteiger partial charge in [0.2, 0.25) is 5.82 Å². The number of hydrogen-bond donors (Lipinski definition) is 0. The minimum Gasteiger partial charge on any atom is -0.496 e. The second-order valence-electron chi connectivity index (χ2n) is 8.91. The van der Waals surface area contributed by atoms with E-state index in [-0.39, 0.29) is 17.2 Å². The lowest BCUT2D eigenvalue weighted by molar-refractivity contribution is 0.419. The molecule has 0 N–H and O–H groups in total. The van der Waals surface area contributed by atoms with Crippen LogP contribution in [0.5, 0.6) is 5.75 Å². The quantitative estimate of drug-likeness (QED) is 0.259. The summed E-state index contributed by atoms with van der Waals surface area (Å²) in [6, 6.07) is 22.9. The van der Waals surface area contributed by atoms with Crippen LogP contribution >= 0.6 is 0 Å². The van der Waals surface area contributed by atoms with E-state index in [2.05, 4.69) is 5.10 Å². The Labute approximate surface area is 217 Å². The van der Waals surface area contributed by atoms with Gasteiger partial charge in [-0.1, -0.05) is 30.3 Å². The number of methoxy groups -OCH3 is 1. The highest BCUT2D eigenvalue weighted by molar-refractivity contribution is 5.89. The van der Waals surface area contributed by atoms with Gasteiger partial charge in [-0.2, -0.15) is 9.78 Å². The van der Waals surface area contributed by atoms with Crippen LogP contribution in [0.25, 0.3) is 39.1 Å². The number of ether oxygens (including phenoxy) is 1. The lowest BCUT2D eigenvalue weighted by atomic mass is 10.2. The van der Waals surface area contributed by atoms with Crippen LogP contribution in [0.2, 0.25) is 0 Å². The van der Waals surface area contributed by atoms with Crippen molar-refractivity contribution in [1.29, 1.82) is 0 Å². The molecule has 6 aromatic rings. The zero-order chi connectivity index (χ0) is 26.4. The molecule has 0 aliphatic carbocycles. The average molecular weight is 507 g/mol. The first-order valence-electron chi connectivity index (χ1n) is 12.0. The minimum absolute atomic E-state index is 0.256. The van der Waals surface area contributed by atoms with Gasteiger partial charge in [0.15, 0.2) is 5.76 Å². The summed E-state index contributed by atoms with van der Waals surface area (Å²) in [6.07, 6.45) is 1.59. The second kappa shape index (κ2) is 9.15. The number of furan rings is 1. The van der Waals surface area contributed by atoms with Crippen LogP contribution in [0.15, 0.2) is 93.2 Å². The Bertz CT molecular complexity index is 1930. The highest BCUT2D eigenvalue weighted by atomic mass is 19.1. The topological polar surface area (TPSA) is 74.6 Å². The van der Waals surface area contributed by atoms with Crippen LogP contribution in [-0.4, -0.2) is 27.6 Å². The van der Waals surface area contributed by atoms with Crippen molar-refractivity contribution in [2.75, 3.05) is 7.11 Å². The van der Waals surface area contributed by atoms with Crippen LogP contribution in [0.4, 0.5) is 4.39 Å². The molecule has 0 fully saturated rings. The van der Waals surface area contributed by atoms with Crippen LogP contribution < -0.4 is 10.3 Å². The molecule has 0 aliphatic rings. The number of rotatable bonds is 5. The van der Waals surface area contributed by atoms with Gasteiger partial charge >= 0.3 is 0 Å². The molecule has 0 saturated carbocycles. The van der Waals surface area contributed by atoms with Crippen molar-refractivity contribution in [2.45, 2.75) is 13.8 Å². The summed E-state index contributed by atoms with van der Waals surface area (Å²) in [6.45, 7) is 3.78. The summed E-state index contributed by atoms with van der Waals surface area (Å²) >= 11 is 0. The van der Waals surface area contributed by atoms with Gasteiger partial charge in [-0.25, -0.2) is 9.37 Å². The average Bonchev–Trinajstić information content (AvgIpc) is 3.48. The Morgan fingerprint density at radius 1 is 0.974 bits per heavy atom. The van der Waals surface area contributed by atoms with Gasteiger partial charge in [0.05, 0.1) is 35.3 Å². The molecule has 8 heteroatoms. The zero-order valence-corrected chi connectivity index (χ0v) is 21.0. The molecule has 38 heavy (non-hydrogen) atoms. The van der Waals surface area contributed by atoms with E-state index in [0.29, 0.717) is 33.7 Å². The lowest BCUT2D eigenvalue weighted by Crippen LogP contribution is -2.20. The van der Waals surface area contributed by atoms with Gasteiger partial charge in [0.1, 0.15) is 17.1 Å². The van der Waals surface area contributed by atoms with Gasteiger partial charge in [0, 0.05) is 17.0 Å². The number of aryl methyl sites for hydroxylation is 1. The van der Waals surface area contributed by atoms with Crippen molar-refractivity contribution in [1.82, 2.24) is 14.2 Å². The Balaban J connectivity index is 1.53. The van der Waals surface area contributed by atoms with Gasteiger partial charge in [-0.05, 0) is 62.4 Å². The number of nitrogens with zero attached hydrogens (tertiary/aromatic N) is 4. The van der Waals surface area contributed by atoms with Crippen molar-refractivity contribution in [3.8, 4) is 23.0 Å². The predicted molar refractivity (Wildman–Crippen MR) is 146 cm³/mol. The van der Waals surface area contributed by atoms with Crippen LogP contribution in [0.3, 0.4) is 0 Å². The summed E-state index contributed by atoms with van der Waals surface area (Å²) in [5, 5.41) is 5.76. The van der Waals surface area contributed by atoms with Crippen LogP contribution in [-0.2, 0) is 0 Å². The molecule has 3 aromatic heterocycles. The summed E-state index contributed by atoms with van der Waals surface area (Å²) in [5.74, 6) is 0.957. The van der Waals surface area contributed by atoms with E-state index in [9.17, 15) is 9.18 Å². The molecular formula is C30H23FN4O3. The summed E-state index contributed by atoms with van der Waals surface area (Å²) in [5.41, 5.74) is 3.61. The minimum atomic E-state index is -0.336. The molecule has 0 saturated heterocycles. The fourth-order valence-electron chi connectivity index (χ4n) is 4.75. The Morgan fingerprint density at radius 3 is 2.58 bits per heavy atom. The number of halogens is 1. The summed E-state index contributed by atoms with van der Waals surface area (Å²) < 4.78 is 29.2. The first-order chi connectivity index (χ1) is 18.5. The normalized spacial score (nSPS) is 11.7. The van der Waals surface area contributed by atoms with E-state index in [1.807, 2.05) is 48.7 Å². The maximum atomic E-state index is 14.6. The Morgan fingerprint density at radius 2 is 1.76 bits per heavy atom. The molecule has 0 radical (unpaired) electrons. The Hall–Kier alpha value is -4.98. The third kappa shape index (κ3) is 3.78. The highest BCUT2D eigenvalue weighted by Gasteiger charge is 2.18. The monoisotopic (exact) mass is 506 g/mol. The third-order valence-electron chi connectivity index (χ3n) is 6.59. The Kier molecular flexibility index (Phi) is 5.64. The van der Waals surface area contributed by atoms with Crippen molar-refractivity contribution < 1.29 is 13.5 Å². The maximum absolute atomic E-state index is 14.6. The molecule has 0 bridgehead atoms. The number of fused-ring (bicyclic) bond motifs is 2. The molecule has 3 heterocycles. The van der Waals surface area contributed by atoms with E-state index >= 15 is 0 Å². The number of hydrogen-bond acceptors (Lipinski definition) is 5. The second-order valence-corrected chi connectivity index (χ2v) is 8.91. The number of aromatic nitrogens is 3. The number of para-hydroxylation sites is 2. The third-order valence-corrected chi connectivity index (χ3v) is 6.59. The maximum Gasteiger partial charge on any atom is 0.282 e. The van der Waals surface area contributed by atoms with Crippen LogP contribution in [0.1, 0.15) is 17.0 Å². The van der Waals surface area contributed by atoms with Gasteiger partial charge < -0.3 is 13.7 Å². The molecule has 0 spiro atoms. The molecule has 0 atom stereocenters. The standard InChI is InChI=1S/C30H23FN4O3/c1-18-15-20(19(2)34(18)25-12-7-5-10-23(25)31)17-32-35-29(33-24-11-6-4-9-21(24)30(35)36)28-16-22-26(37-3)13-8-14-27(22)38-28/h4-17H,1-3H3. The molecule has 7 nitrogen and oxygen atoms in total. The first-order valence-corrected chi connectivity index (χ1v) is 12.0. The van der Waals surface area contributed by atoms with Crippen LogP contribution in [0, 0.1) is 19.7 Å². The molecule has 188 valence electrons. The largest absolute Gasteiger partial charge is 0.496 e. The number of benzene rings is 3.